The summed E-state index contributed by atoms with van der Waals surface area (Å²) in [5.74, 6) is -0.400. The van der Waals surface area contributed by atoms with E-state index in [0.717, 1.165) is 0 Å². The number of hydrogen-bond acceptors (Lipinski definition) is 3. The first kappa shape index (κ1) is 13.1. The largest absolute Gasteiger partial charge is 0.397 e. The Bertz CT molecular complexity index is 423. The minimum atomic E-state index is -0.650. The molecule has 0 atom stereocenters. The van der Waals surface area contributed by atoms with E-state index in [1.54, 1.807) is 33.2 Å². The van der Waals surface area contributed by atoms with E-state index >= 15 is 0 Å². The summed E-state index contributed by atoms with van der Waals surface area (Å²) in [6, 6.07) is 1.54. The number of aromatic amines is 1. The number of anilines is 1. The van der Waals surface area contributed by atoms with Crippen molar-refractivity contribution in [2.45, 2.75) is 13.8 Å². The van der Waals surface area contributed by atoms with Gasteiger partial charge in [0.2, 0.25) is 5.91 Å². The molecule has 0 saturated carbocycles. The van der Waals surface area contributed by atoms with Gasteiger partial charge >= 0.3 is 0 Å². The Labute approximate surface area is 100.0 Å². The molecule has 0 aliphatic rings. The summed E-state index contributed by atoms with van der Waals surface area (Å²) in [4.78, 5) is 25.9. The lowest BCUT2D eigenvalue weighted by molar-refractivity contribution is -0.128. The number of nitrogens with two attached hydrogens (primary N) is 1. The van der Waals surface area contributed by atoms with Crippen molar-refractivity contribution >= 4 is 17.5 Å². The number of hydrogen-bond donors (Lipinski definition) is 4. The average molecular weight is 238 g/mol. The first-order valence-corrected chi connectivity index (χ1v) is 5.31. The van der Waals surface area contributed by atoms with Crippen molar-refractivity contribution in [3.8, 4) is 0 Å². The molecule has 0 bridgehead atoms. The molecule has 1 aromatic heterocycles. The van der Waals surface area contributed by atoms with Crippen molar-refractivity contribution in [2.24, 2.45) is 5.41 Å². The summed E-state index contributed by atoms with van der Waals surface area (Å²) in [6.07, 6.45) is 1.54. The van der Waals surface area contributed by atoms with Crippen LogP contribution in [0.3, 0.4) is 0 Å². The van der Waals surface area contributed by atoms with Crippen molar-refractivity contribution in [1.82, 2.24) is 15.6 Å². The summed E-state index contributed by atoms with van der Waals surface area (Å²) in [7, 11) is 1.57. The van der Waals surface area contributed by atoms with E-state index in [-0.39, 0.29) is 18.4 Å². The van der Waals surface area contributed by atoms with E-state index in [0.29, 0.717) is 11.4 Å². The van der Waals surface area contributed by atoms with Gasteiger partial charge < -0.3 is 21.4 Å². The average Bonchev–Trinajstić information content (AvgIpc) is 2.71. The zero-order chi connectivity index (χ0) is 13.1. The summed E-state index contributed by atoms with van der Waals surface area (Å²) in [6.45, 7) is 3.77. The molecule has 6 nitrogen and oxygen atoms in total. The van der Waals surface area contributed by atoms with Crippen LogP contribution in [-0.2, 0) is 4.79 Å². The lowest BCUT2D eigenvalue weighted by Crippen LogP contribution is -2.43. The predicted octanol–water partition coefficient (Wildman–Crippen LogP) is 0.0989. The third-order valence-corrected chi connectivity index (χ3v) is 2.48. The summed E-state index contributed by atoms with van der Waals surface area (Å²) >= 11 is 0. The van der Waals surface area contributed by atoms with E-state index in [2.05, 4.69) is 15.6 Å². The first-order valence-electron chi connectivity index (χ1n) is 5.31. The highest BCUT2D eigenvalue weighted by atomic mass is 16.2. The molecule has 6 heteroatoms. The van der Waals surface area contributed by atoms with Gasteiger partial charge in [-0.1, -0.05) is 0 Å². The summed E-state index contributed by atoms with van der Waals surface area (Å²) in [5, 5.41) is 5.24. The monoisotopic (exact) mass is 238 g/mol. The molecule has 1 heterocycles. The molecule has 0 aliphatic heterocycles. The molecule has 17 heavy (non-hydrogen) atoms. The molecular weight excluding hydrogens is 220 g/mol. The molecule has 0 saturated heterocycles. The molecule has 0 fully saturated rings. The molecule has 0 aromatic carbocycles. The van der Waals surface area contributed by atoms with Crippen molar-refractivity contribution in [1.29, 1.82) is 0 Å². The fourth-order valence-corrected chi connectivity index (χ4v) is 1.36. The fraction of sp³-hybridized carbons (Fsp3) is 0.455. The van der Waals surface area contributed by atoms with Crippen molar-refractivity contribution in [2.75, 3.05) is 19.3 Å². The fourth-order valence-electron chi connectivity index (χ4n) is 1.36. The van der Waals surface area contributed by atoms with Crippen molar-refractivity contribution < 1.29 is 9.59 Å². The van der Waals surface area contributed by atoms with E-state index in [4.69, 9.17) is 5.73 Å². The van der Waals surface area contributed by atoms with Gasteiger partial charge in [0, 0.05) is 25.5 Å². The SMILES string of the molecule is CNC(=O)C(C)(C)CNC(=O)c1cc(N)c[nH]1. The van der Waals surface area contributed by atoms with Gasteiger partial charge in [-0.3, -0.25) is 9.59 Å². The summed E-state index contributed by atoms with van der Waals surface area (Å²) in [5.41, 5.74) is 5.73. The van der Waals surface area contributed by atoms with Gasteiger partial charge in [0.1, 0.15) is 5.69 Å². The van der Waals surface area contributed by atoms with E-state index in [9.17, 15) is 9.59 Å². The van der Waals surface area contributed by atoms with Crippen LogP contribution in [-0.4, -0.2) is 30.4 Å². The zero-order valence-corrected chi connectivity index (χ0v) is 10.3. The molecule has 0 unspecified atom stereocenters. The van der Waals surface area contributed by atoms with Crippen LogP contribution in [0.25, 0.3) is 0 Å². The minimum Gasteiger partial charge on any atom is -0.397 e. The normalized spacial score (nSPS) is 11.0. The Morgan fingerprint density at radius 3 is 2.59 bits per heavy atom. The molecule has 1 rings (SSSR count). The van der Waals surface area contributed by atoms with Crippen LogP contribution in [0.4, 0.5) is 5.69 Å². The maximum atomic E-state index is 11.7. The highest BCUT2D eigenvalue weighted by Crippen LogP contribution is 2.13. The number of amides is 2. The first-order chi connectivity index (χ1) is 7.86. The highest BCUT2D eigenvalue weighted by Gasteiger charge is 2.27. The lowest BCUT2D eigenvalue weighted by atomic mass is 9.92. The Balaban J connectivity index is 2.57. The van der Waals surface area contributed by atoms with Gasteiger partial charge in [0.15, 0.2) is 0 Å². The highest BCUT2D eigenvalue weighted by molar-refractivity contribution is 5.94. The van der Waals surface area contributed by atoms with Crippen LogP contribution in [0, 0.1) is 5.41 Å². The summed E-state index contributed by atoms with van der Waals surface area (Å²) < 4.78 is 0. The standard InChI is InChI=1S/C11H18N4O2/c1-11(2,10(17)13-3)6-15-9(16)8-4-7(12)5-14-8/h4-5,14H,6,12H2,1-3H3,(H,13,17)(H,15,16). The molecule has 2 amide bonds. The zero-order valence-electron chi connectivity index (χ0n) is 10.3. The third kappa shape index (κ3) is 3.24. The topological polar surface area (TPSA) is 100 Å². The van der Waals surface area contributed by atoms with Gasteiger partial charge in [-0.15, -0.1) is 0 Å². The molecular formula is C11H18N4O2. The smallest absolute Gasteiger partial charge is 0.267 e. The molecule has 1 aromatic rings. The van der Waals surface area contributed by atoms with Gasteiger partial charge in [0.05, 0.1) is 5.41 Å². The third-order valence-electron chi connectivity index (χ3n) is 2.48. The lowest BCUT2D eigenvalue weighted by Gasteiger charge is -2.22. The second-order valence-corrected chi connectivity index (χ2v) is 4.49. The van der Waals surface area contributed by atoms with Crippen LogP contribution in [0.15, 0.2) is 12.3 Å². The number of nitrogen functional groups attached to an aromatic ring is 1. The minimum absolute atomic E-state index is 0.121. The van der Waals surface area contributed by atoms with Gasteiger partial charge in [-0.2, -0.15) is 0 Å². The molecule has 94 valence electrons. The number of rotatable bonds is 4. The number of carbonyl (C=O) groups is 2. The number of nitrogens with one attached hydrogen (secondary N) is 3. The maximum Gasteiger partial charge on any atom is 0.267 e. The number of aromatic nitrogens is 1. The number of H-pyrrole nitrogens is 1. The molecule has 5 N–H and O–H groups in total. The Morgan fingerprint density at radius 2 is 2.12 bits per heavy atom. The van der Waals surface area contributed by atoms with Crippen LogP contribution in [0.2, 0.25) is 0 Å². The molecule has 0 radical (unpaired) electrons. The van der Waals surface area contributed by atoms with Gasteiger partial charge in [-0.25, -0.2) is 0 Å². The van der Waals surface area contributed by atoms with Gasteiger partial charge in [0.25, 0.3) is 5.91 Å². The Hall–Kier alpha value is -1.98. The Kier molecular flexibility index (Phi) is 3.77. The predicted molar refractivity (Wildman–Crippen MR) is 65.4 cm³/mol. The van der Waals surface area contributed by atoms with Crippen LogP contribution in [0.1, 0.15) is 24.3 Å². The maximum absolute atomic E-state index is 11.7. The van der Waals surface area contributed by atoms with Crippen LogP contribution < -0.4 is 16.4 Å². The quantitative estimate of drug-likeness (QED) is 0.598. The Morgan fingerprint density at radius 1 is 1.47 bits per heavy atom. The van der Waals surface area contributed by atoms with Crippen LogP contribution in [0.5, 0.6) is 0 Å². The van der Waals surface area contributed by atoms with E-state index in [1.807, 2.05) is 0 Å². The van der Waals surface area contributed by atoms with Crippen LogP contribution >= 0.6 is 0 Å². The molecule has 0 aliphatic carbocycles. The molecule has 0 spiro atoms. The van der Waals surface area contributed by atoms with Crippen molar-refractivity contribution in [3.05, 3.63) is 18.0 Å². The number of carbonyl (C=O) groups excluding carboxylic acids is 2. The van der Waals surface area contributed by atoms with E-state index < -0.39 is 5.41 Å². The van der Waals surface area contributed by atoms with Crippen molar-refractivity contribution in [3.63, 3.8) is 0 Å². The second kappa shape index (κ2) is 4.90. The van der Waals surface area contributed by atoms with Gasteiger partial charge in [-0.05, 0) is 19.9 Å². The second-order valence-electron chi connectivity index (χ2n) is 4.49. The van der Waals surface area contributed by atoms with E-state index in [1.165, 1.54) is 0 Å².